The van der Waals surface area contributed by atoms with Crippen molar-refractivity contribution in [3.63, 3.8) is 0 Å². The van der Waals surface area contributed by atoms with Gasteiger partial charge >= 0.3 is 0 Å². The Morgan fingerprint density at radius 3 is 3.06 bits per heavy atom. The predicted molar refractivity (Wildman–Crippen MR) is 68.8 cm³/mol. The van der Waals surface area contributed by atoms with Crippen LogP contribution < -0.4 is 5.32 Å². The first-order valence-electron chi connectivity index (χ1n) is 5.73. The lowest BCUT2D eigenvalue weighted by Crippen LogP contribution is -2.20. The van der Waals surface area contributed by atoms with Crippen LogP contribution in [0.15, 0.2) is 16.7 Å². The summed E-state index contributed by atoms with van der Waals surface area (Å²) in [5.74, 6) is 0. The number of hydrogen-bond donors (Lipinski definition) is 1. The molecule has 1 aromatic rings. The van der Waals surface area contributed by atoms with Crippen LogP contribution in [0.4, 0.5) is 5.69 Å². The molecule has 1 aliphatic heterocycles. The molecule has 4 heteroatoms. The summed E-state index contributed by atoms with van der Waals surface area (Å²) in [5, 5.41) is 3.55. The van der Waals surface area contributed by atoms with E-state index >= 15 is 0 Å². The van der Waals surface area contributed by atoms with Crippen LogP contribution in [0.2, 0.25) is 0 Å². The number of rotatable bonds is 2. The molecule has 0 spiro atoms. The average molecular weight is 285 g/mol. The predicted octanol–water partition coefficient (Wildman–Crippen LogP) is 3.13. The maximum Gasteiger partial charge on any atom is 0.106 e. The van der Waals surface area contributed by atoms with Crippen molar-refractivity contribution in [2.75, 3.05) is 18.5 Å². The normalized spacial score (nSPS) is 21.5. The molecule has 1 aliphatic rings. The molecule has 1 unspecified atom stereocenters. The third-order valence-electron chi connectivity index (χ3n) is 2.86. The van der Waals surface area contributed by atoms with E-state index in [1.165, 1.54) is 6.42 Å². The molecule has 1 aromatic heterocycles. The Labute approximate surface area is 105 Å². The monoisotopic (exact) mass is 284 g/mol. The van der Waals surface area contributed by atoms with E-state index in [0.717, 1.165) is 42.0 Å². The number of ether oxygens (including phenoxy) is 1. The van der Waals surface area contributed by atoms with Gasteiger partial charge < -0.3 is 10.1 Å². The van der Waals surface area contributed by atoms with Crippen LogP contribution in [0.25, 0.3) is 0 Å². The molecule has 0 amide bonds. The molecule has 0 bridgehead atoms. The maximum atomic E-state index is 5.45. The Bertz CT molecular complexity index is 349. The minimum atomic E-state index is 0.518. The summed E-state index contributed by atoms with van der Waals surface area (Å²) in [6.07, 6.45) is 3.39. The molecule has 88 valence electrons. The van der Waals surface area contributed by atoms with Crippen molar-refractivity contribution in [1.82, 2.24) is 4.98 Å². The fraction of sp³-hybridized carbons (Fsp3) is 0.583. The van der Waals surface area contributed by atoms with E-state index in [-0.39, 0.29) is 0 Å². The van der Waals surface area contributed by atoms with Gasteiger partial charge in [-0.3, -0.25) is 0 Å². The van der Waals surface area contributed by atoms with E-state index in [1.807, 2.05) is 13.0 Å². The smallest absolute Gasteiger partial charge is 0.106 e. The number of nitrogens with zero attached hydrogens (tertiary/aromatic N) is 1. The van der Waals surface area contributed by atoms with Crippen molar-refractivity contribution in [2.24, 2.45) is 0 Å². The topological polar surface area (TPSA) is 34.2 Å². The highest BCUT2D eigenvalue weighted by Crippen LogP contribution is 2.20. The highest BCUT2D eigenvalue weighted by molar-refractivity contribution is 9.10. The van der Waals surface area contributed by atoms with Gasteiger partial charge in [0.1, 0.15) is 4.60 Å². The number of nitrogens with one attached hydrogen (secondary N) is 1. The SMILES string of the molecule is Cc1nc(Br)ccc1NC1CCCOCC1. The number of pyridine rings is 1. The average Bonchev–Trinajstić information content (AvgIpc) is 2.51. The molecule has 1 atom stereocenters. The van der Waals surface area contributed by atoms with Gasteiger partial charge in [0.05, 0.1) is 11.4 Å². The molecule has 3 nitrogen and oxygen atoms in total. The van der Waals surface area contributed by atoms with Gasteiger partial charge in [0.2, 0.25) is 0 Å². The first kappa shape index (κ1) is 11.9. The zero-order chi connectivity index (χ0) is 11.4. The quantitative estimate of drug-likeness (QED) is 0.848. The Morgan fingerprint density at radius 1 is 1.38 bits per heavy atom. The summed E-state index contributed by atoms with van der Waals surface area (Å²) in [5.41, 5.74) is 2.18. The van der Waals surface area contributed by atoms with Crippen molar-refractivity contribution < 1.29 is 4.74 Å². The summed E-state index contributed by atoms with van der Waals surface area (Å²) < 4.78 is 6.34. The lowest BCUT2D eigenvalue weighted by Gasteiger charge is -2.18. The highest BCUT2D eigenvalue weighted by Gasteiger charge is 2.13. The summed E-state index contributed by atoms with van der Waals surface area (Å²) >= 11 is 3.38. The van der Waals surface area contributed by atoms with Gasteiger partial charge in [0.25, 0.3) is 0 Å². The summed E-state index contributed by atoms with van der Waals surface area (Å²) in [7, 11) is 0. The van der Waals surface area contributed by atoms with Gasteiger partial charge in [-0.2, -0.15) is 0 Å². The van der Waals surface area contributed by atoms with E-state index in [2.05, 4.69) is 32.3 Å². The standard InChI is InChI=1S/C12H17BrN2O/c1-9-11(4-5-12(13)14-9)15-10-3-2-7-16-8-6-10/h4-5,10,15H,2-3,6-8H2,1H3. The molecular weight excluding hydrogens is 268 g/mol. The van der Waals surface area contributed by atoms with Crippen LogP contribution in [-0.2, 0) is 4.74 Å². The molecule has 1 saturated heterocycles. The van der Waals surface area contributed by atoms with Crippen molar-refractivity contribution >= 4 is 21.6 Å². The molecule has 0 saturated carbocycles. The molecule has 0 aromatic carbocycles. The van der Waals surface area contributed by atoms with Crippen molar-refractivity contribution in [3.8, 4) is 0 Å². The van der Waals surface area contributed by atoms with Gasteiger partial charge in [0.15, 0.2) is 0 Å². The number of anilines is 1. The Morgan fingerprint density at radius 2 is 2.25 bits per heavy atom. The number of halogens is 1. The lowest BCUT2D eigenvalue weighted by atomic mass is 10.1. The largest absolute Gasteiger partial charge is 0.381 e. The van der Waals surface area contributed by atoms with E-state index in [9.17, 15) is 0 Å². The summed E-state index contributed by atoms with van der Waals surface area (Å²) in [4.78, 5) is 4.39. The van der Waals surface area contributed by atoms with Crippen LogP contribution in [0, 0.1) is 6.92 Å². The van der Waals surface area contributed by atoms with Crippen LogP contribution in [0.5, 0.6) is 0 Å². The van der Waals surface area contributed by atoms with Gasteiger partial charge in [0, 0.05) is 19.3 Å². The van der Waals surface area contributed by atoms with Crippen molar-refractivity contribution in [3.05, 3.63) is 22.4 Å². The molecule has 1 fully saturated rings. The van der Waals surface area contributed by atoms with Crippen LogP contribution in [0.1, 0.15) is 25.0 Å². The lowest BCUT2D eigenvalue weighted by molar-refractivity contribution is 0.144. The third kappa shape index (κ3) is 3.19. The second-order valence-electron chi connectivity index (χ2n) is 4.15. The first-order chi connectivity index (χ1) is 7.75. The molecule has 2 heterocycles. The van der Waals surface area contributed by atoms with E-state index in [0.29, 0.717) is 6.04 Å². The molecule has 0 aliphatic carbocycles. The Balaban J connectivity index is 2.01. The van der Waals surface area contributed by atoms with Crippen molar-refractivity contribution in [1.29, 1.82) is 0 Å². The highest BCUT2D eigenvalue weighted by atomic mass is 79.9. The Kier molecular flexibility index (Phi) is 4.18. The fourth-order valence-electron chi connectivity index (χ4n) is 1.95. The van der Waals surface area contributed by atoms with Crippen molar-refractivity contribution in [2.45, 2.75) is 32.2 Å². The maximum absolute atomic E-state index is 5.45. The molecule has 16 heavy (non-hydrogen) atoms. The Hall–Kier alpha value is -0.610. The van der Waals surface area contributed by atoms with Gasteiger partial charge in [-0.1, -0.05) is 0 Å². The minimum absolute atomic E-state index is 0.518. The van der Waals surface area contributed by atoms with Gasteiger partial charge in [-0.05, 0) is 54.2 Å². The molecular formula is C12H17BrN2O. The van der Waals surface area contributed by atoms with Crippen LogP contribution in [0.3, 0.4) is 0 Å². The fourth-order valence-corrected chi connectivity index (χ4v) is 2.35. The van der Waals surface area contributed by atoms with E-state index < -0.39 is 0 Å². The second-order valence-corrected chi connectivity index (χ2v) is 4.96. The van der Waals surface area contributed by atoms with Gasteiger partial charge in [-0.25, -0.2) is 4.98 Å². The van der Waals surface area contributed by atoms with Crippen LogP contribution >= 0.6 is 15.9 Å². The van der Waals surface area contributed by atoms with Crippen LogP contribution in [-0.4, -0.2) is 24.2 Å². The van der Waals surface area contributed by atoms with E-state index in [1.54, 1.807) is 0 Å². The first-order valence-corrected chi connectivity index (χ1v) is 6.52. The summed E-state index contributed by atoms with van der Waals surface area (Å²) in [6, 6.07) is 4.57. The summed E-state index contributed by atoms with van der Waals surface area (Å²) in [6.45, 7) is 3.79. The number of aromatic nitrogens is 1. The minimum Gasteiger partial charge on any atom is -0.381 e. The molecule has 2 rings (SSSR count). The van der Waals surface area contributed by atoms with E-state index in [4.69, 9.17) is 4.74 Å². The third-order valence-corrected chi connectivity index (χ3v) is 3.31. The number of aryl methyl sites for hydroxylation is 1. The zero-order valence-electron chi connectivity index (χ0n) is 9.50. The second kappa shape index (κ2) is 5.64. The molecule has 1 N–H and O–H groups in total. The zero-order valence-corrected chi connectivity index (χ0v) is 11.1. The van der Waals surface area contributed by atoms with Gasteiger partial charge in [-0.15, -0.1) is 0 Å². The number of hydrogen-bond acceptors (Lipinski definition) is 3. The molecule has 0 radical (unpaired) electrons.